The minimum absolute atomic E-state index is 0.0319. The van der Waals surface area contributed by atoms with E-state index in [1.807, 2.05) is 13.8 Å². The molecule has 1 rings (SSSR count). The van der Waals surface area contributed by atoms with E-state index in [1.54, 1.807) is 13.8 Å². The average molecular weight is 419 g/mol. The summed E-state index contributed by atoms with van der Waals surface area (Å²) in [7, 11) is -2.24. The first-order valence-electron chi connectivity index (χ1n) is 9.67. The van der Waals surface area contributed by atoms with Crippen molar-refractivity contribution in [2.45, 2.75) is 92.0 Å². The van der Waals surface area contributed by atoms with E-state index in [0.717, 1.165) is 0 Å². The zero-order chi connectivity index (χ0) is 22.2. The van der Waals surface area contributed by atoms with Crippen LogP contribution in [0.2, 0.25) is 16.6 Å². The number of carbonyl (C=O) groups is 1. The summed E-state index contributed by atoms with van der Waals surface area (Å²) in [5, 5.41) is 0. The first-order chi connectivity index (χ1) is 12.6. The summed E-state index contributed by atoms with van der Waals surface area (Å²) in [5.74, 6) is -1.53. The van der Waals surface area contributed by atoms with Crippen LogP contribution in [0.3, 0.4) is 0 Å². The summed E-state index contributed by atoms with van der Waals surface area (Å²) in [4.78, 5) is 11.4. The number of carbonyl (C=O) groups excluding carboxylic acids is 1. The van der Waals surface area contributed by atoms with Crippen molar-refractivity contribution in [1.29, 1.82) is 0 Å². The van der Waals surface area contributed by atoms with Gasteiger partial charge in [0, 0.05) is 0 Å². The molecule has 0 unspecified atom stereocenters. The second-order valence-corrected chi connectivity index (χ2v) is 13.8. The monoisotopic (exact) mass is 418 g/mol. The van der Waals surface area contributed by atoms with Gasteiger partial charge in [-0.15, -0.1) is 0 Å². The molecule has 0 heterocycles. The molecular formula is C21H33F3O3Si. The Balaban J connectivity index is 3.58. The number of benzene rings is 1. The number of rotatable bonds is 6. The van der Waals surface area contributed by atoms with Crippen molar-refractivity contribution in [1.82, 2.24) is 0 Å². The van der Waals surface area contributed by atoms with E-state index < -0.39 is 20.5 Å². The molecular weight excluding hydrogens is 385 g/mol. The van der Waals surface area contributed by atoms with Gasteiger partial charge in [0.2, 0.25) is 0 Å². The van der Waals surface area contributed by atoms with Crippen LogP contribution in [0, 0.1) is 27.7 Å². The van der Waals surface area contributed by atoms with Gasteiger partial charge in [-0.3, -0.25) is 0 Å². The maximum absolute atomic E-state index is 12.7. The van der Waals surface area contributed by atoms with Crippen molar-refractivity contribution in [2.75, 3.05) is 0 Å². The SMILES string of the molecule is Cc1c(C)c(O[Si](C(C)C)(C(C)C)C(C)C)c(C)c(C)c1OC(=O)C(F)(F)F. The van der Waals surface area contributed by atoms with Crippen molar-refractivity contribution in [3.8, 4) is 11.5 Å². The molecule has 0 aliphatic heterocycles. The predicted octanol–water partition coefficient (Wildman–Crippen LogP) is 6.94. The van der Waals surface area contributed by atoms with Crippen LogP contribution in [-0.2, 0) is 4.79 Å². The van der Waals surface area contributed by atoms with E-state index in [-0.39, 0.29) is 5.75 Å². The van der Waals surface area contributed by atoms with Crippen molar-refractivity contribution >= 4 is 14.3 Å². The lowest BCUT2D eigenvalue weighted by Gasteiger charge is -2.43. The predicted molar refractivity (Wildman–Crippen MR) is 109 cm³/mol. The fourth-order valence-electron chi connectivity index (χ4n) is 4.23. The van der Waals surface area contributed by atoms with E-state index in [0.29, 0.717) is 44.6 Å². The third-order valence-electron chi connectivity index (χ3n) is 5.90. The topological polar surface area (TPSA) is 35.5 Å². The summed E-state index contributed by atoms with van der Waals surface area (Å²) in [6, 6.07) is 0. The van der Waals surface area contributed by atoms with Crippen molar-refractivity contribution in [3.05, 3.63) is 22.3 Å². The number of hydrogen-bond acceptors (Lipinski definition) is 3. The first kappa shape index (κ1) is 24.5. The number of esters is 1. The minimum Gasteiger partial charge on any atom is -0.542 e. The van der Waals surface area contributed by atoms with Gasteiger partial charge < -0.3 is 9.16 Å². The van der Waals surface area contributed by atoms with Crippen LogP contribution in [0.4, 0.5) is 13.2 Å². The lowest BCUT2D eigenvalue weighted by Crippen LogP contribution is -2.51. The van der Waals surface area contributed by atoms with Crippen LogP contribution in [0.5, 0.6) is 11.5 Å². The second kappa shape index (κ2) is 8.47. The molecule has 7 heteroatoms. The van der Waals surface area contributed by atoms with Gasteiger partial charge in [-0.25, -0.2) is 4.79 Å². The number of hydrogen-bond donors (Lipinski definition) is 0. The van der Waals surface area contributed by atoms with Gasteiger partial charge in [-0.1, -0.05) is 41.5 Å². The lowest BCUT2D eigenvalue weighted by atomic mass is 9.98. The molecule has 0 amide bonds. The third-order valence-corrected chi connectivity index (χ3v) is 11.9. The molecule has 28 heavy (non-hydrogen) atoms. The summed E-state index contributed by atoms with van der Waals surface area (Å²) >= 11 is 0. The quantitative estimate of drug-likeness (QED) is 0.285. The molecule has 0 saturated heterocycles. The zero-order valence-electron chi connectivity index (χ0n) is 18.6. The van der Waals surface area contributed by atoms with Gasteiger partial charge >= 0.3 is 12.1 Å². The molecule has 1 aromatic rings. The minimum atomic E-state index is -5.04. The normalized spacial score (nSPS) is 12.9. The van der Waals surface area contributed by atoms with Gasteiger partial charge in [0.05, 0.1) is 0 Å². The first-order valence-corrected chi connectivity index (χ1v) is 11.8. The Kier molecular flexibility index (Phi) is 7.42. The molecule has 0 spiro atoms. The van der Waals surface area contributed by atoms with Gasteiger partial charge in [-0.2, -0.15) is 13.2 Å². The maximum atomic E-state index is 12.7. The van der Waals surface area contributed by atoms with Gasteiger partial charge in [-0.05, 0) is 66.6 Å². The van der Waals surface area contributed by atoms with Crippen LogP contribution in [0.1, 0.15) is 63.8 Å². The molecule has 0 N–H and O–H groups in total. The van der Waals surface area contributed by atoms with E-state index in [9.17, 15) is 18.0 Å². The van der Waals surface area contributed by atoms with Crippen molar-refractivity contribution in [3.63, 3.8) is 0 Å². The Morgan fingerprint density at radius 3 is 1.36 bits per heavy atom. The summed E-state index contributed by atoms with van der Waals surface area (Å²) in [6.45, 7) is 20.0. The average Bonchev–Trinajstić information content (AvgIpc) is 2.55. The van der Waals surface area contributed by atoms with Gasteiger partial charge in [0.25, 0.3) is 8.32 Å². The van der Waals surface area contributed by atoms with Crippen LogP contribution in [0.15, 0.2) is 0 Å². The molecule has 0 bridgehead atoms. The molecule has 160 valence electrons. The maximum Gasteiger partial charge on any atom is 0.491 e. The Bertz CT molecular complexity index is 687. The molecule has 3 nitrogen and oxygen atoms in total. The van der Waals surface area contributed by atoms with Crippen LogP contribution >= 0.6 is 0 Å². The summed E-state index contributed by atoms with van der Waals surface area (Å²) < 4.78 is 49.6. The van der Waals surface area contributed by atoms with E-state index in [1.165, 1.54) is 0 Å². The summed E-state index contributed by atoms with van der Waals surface area (Å²) in [5.41, 5.74) is 3.49. The Hall–Kier alpha value is -1.50. The Morgan fingerprint density at radius 2 is 1.07 bits per heavy atom. The van der Waals surface area contributed by atoms with Crippen LogP contribution in [0.25, 0.3) is 0 Å². The number of halogens is 3. The molecule has 0 aliphatic carbocycles. The molecule has 0 fully saturated rings. The molecule has 1 aromatic carbocycles. The third kappa shape index (κ3) is 4.39. The molecule has 0 atom stereocenters. The standard InChI is InChI=1S/C21H33F3O3Si/c1-11(2)28(12(3)4,13(5)6)27-19-16(9)14(7)18(15(8)17(19)10)26-20(25)21(22,23)24/h11-13H,1-10H3. The van der Waals surface area contributed by atoms with Crippen LogP contribution in [-0.4, -0.2) is 20.5 Å². The van der Waals surface area contributed by atoms with Gasteiger partial charge in [0.15, 0.2) is 0 Å². The number of ether oxygens (including phenoxy) is 1. The van der Waals surface area contributed by atoms with E-state index in [2.05, 4.69) is 41.5 Å². The van der Waals surface area contributed by atoms with E-state index >= 15 is 0 Å². The van der Waals surface area contributed by atoms with Gasteiger partial charge in [0.1, 0.15) is 11.5 Å². The van der Waals surface area contributed by atoms with Crippen molar-refractivity contribution < 1.29 is 27.1 Å². The highest BCUT2D eigenvalue weighted by molar-refractivity contribution is 6.78. The molecule has 0 radical (unpaired) electrons. The van der Waals surface area contributed by atoms with Crippen molar-refractivity contribution in [2.24, 2.45) is 0 Å². The second-order valence-electron chi connectivity index (χ2n) is 8.47. The Labute approximate surface area is 167 Å². The summed E-state index contributed by atoms with van der Waals surface area (Å²) in [6.07, 6.45) is -5.04. The zero-order valence-corrected chi connectivity index (χ0v) is 19.6. The van der Waals surface area contributed by atoms with E-state index in [4.69, 9.17) is 9.16 Å². The fraction of sp³-hybridized carbons (Fsp3) is 0.667. The largest absolute Gasteiger partial charge is 0.542 e. The highest BCUT2D eigenvalue weighted by Gasteiger charge is 2.48. The fourth-order valence-corrected chi connectivity index (χ4v) is 9.60. The van der Waals surface area contributed by atoms with Crippen LogP contribution < -0.4 is 9.16 Å². The molecule has 0 aromatic heterocycles. The Morgan fingerprint density at radius 1 is 0.750 bits per heavy atom. The lowest BCUT2D eigenvalue weighted by molar-refractivity contribution is -0.189. The highest BCUT2D eigenvalue weighted by atomic mass is 28.4. The molecule has 0 saturated carbocycles. The smallest absolute Gasteiger partial charge is 0.491 e. The number of alkyl halides is 3. The highest BCUT2D eigenvalue weighted by Crippen LogP contribution is 2.46. The molecule has 0 aliphatic rings.